The molecule has 0 aliphatic rings. The summed E-state index contributed by atoms with van der Waals surface area (Å²) < 4.78 is 4.75. The second kappa shape index (κ2) is 5.41. The van der Waals surface area contributed by atoms with Crippen LogP contribution >= 0.6 is 0 Å². The molecule has 0 spiro atoms. The van der Waals surface area contributed by atoms with Crippen molar-refractivity contribution in [1.29, 1.82) is 0 Å². The molecule has 0 unspecified atom stereocenters. The number of ether oxygens (including phenoxy) is 1. The van der Waals surface area contributed by atoms with Crippen molar-refractivity contribution in [3.8, 4) is 0 Å². The number of hydrogen-bond donors (Lipinski definition) is 0. The standard InChI is InChI=1S/C10H15N3O2/c1-13(2)10-11-5-4-8(12-10)6-9(14)7-15-3/h4-5H,6-7H2,1-3H3. The van der Waals surface area contributed by atoms with E-state index in [0.29, 0.717) is 5.95 Å². The van der Waals surface area contributed by atoms with E-state index in [9.17, 15) is 4.79 Å². The van der Waals surface area contributed by atoms with Gasteiger partial charge < -0.3 is 9.64 Å². The molecule has 0 bridgehead atoms. The van der Waals surface area contributed by atoms with Crippen LogP contribution in [-0.2, 0) is 16.0 Å². The molecule has 5 heteroatoms. The van der Waals surface area contributed by atoms with Crippen molar-refractivity contribution < 1.29 is 9.53 Å². The Balaban J connectivity index is 2.69. The van der Waals surface area contributed by atoms with Gasteiger partial charge in [-0.05, 0) is 6.07 Å². The highest BCUT2D eigenvalue weighted by molar-refractivity contribution is 5.81. The van der Waals surface area contributed by atoms with Crippen LogP contribution in [0.5, 0.6) is 0 Å². The molecule has 5 nitrogen and oxygen atoms in total. The van der Waals surface area contributed by atoms with E-state index in [-0.39, 0.29) is 18.8 Å². The molecule has 0 radical (unpaired) electrons. The number of Topliss-reactive ketones (excluding diaryl/α,β-unsaturated/α-hetero) is 1. The fraction of sp³-hybridized carbons (Fsp3) is 0.500. The first-order valence-electron chi connectivity index (χ1n) is 4.63. The van der Waals surface area contributed by atoms with Crippen LogP contribution < -0.4 is 4.90 Å². The van der Waals surface area contributed by atoms with Crippen LogP contribution in [0.3, 0.4) is 0 Å². The van der Waals surface area contributed by atoms with Gasteiger partial charge in [0.2, 0.25) is 5.95 Å². The van der Waals surface area contributed by atoms with Crippen molar-refractivity contribution in [2.24, 2.45) is 0 Å². The summed E-state index contributed by atoms with van der Waals surface area (Å²) in [5, 5.41) is 0. The lowest BCUT2D eigenvalue weighted by molar-refractivity contribution is -0.122. The molecule has 15 heavy (non-hydrogen) atoms. The monoisotopic (exact) mass is 209 g/mol. The summed E-state index contributed by atoms with van der Waals surface area (Å²) in [6.45, 7) is 0.126. The Morgan fingerprint density at radius 1 is 1.53 bits per heavy atom. The minimum absolute atomic E-state index is 0.0147. The molecule has 0 saturated carbocycles. The maximum atomic E-state index is 11.3. The Bertz CT molecular complexity index is 339. The number of ketones is 1. The third kappa shape index (κ3) is 3.63. The topological polar surface area (TPSA) is 55.3 Å². The number of hydrogen-bond acceptors (Lipinski definition) is 5. The van der Waals surface area contributed by atoms with E-state index in [0.717, 1.165) is 5.69 Å². The first kappa shape index (κ1) is 11.6. The quantitative estimate of drug-likeness (QED) is 0.698. The molecule has 0 aliphatic carbocycles. The van der Waals surface area contributed by atoms with Gasteiger partial charge in [-0.15, -0.1) is 0 Å². The molecule has 1 heterocycles. The molecule has 0 fully saturated rings. The highest BCUT2D eigenvalue weighted by atomic mass is 16.5. The van der Waals surface area contributed by atoms with Gasteiger partial charge in [0, 0.05) is 27.4 Å². The fourth-order valence-electron chi connectivity index (χ4n) is 1.11. The number of rotatable bonds is 5. The van der Waals surface area contributed by atoms with Gasteiger partial charge in [0.15, 0.2) is 5.78 Å². The van der Waals surface area contributed by atoms with Crippen LogP contribution in [-0.4, -0.2) is 43.6 Å². The zero-order valence-electron chi connectivity index (χ0n) is 9.23. The van der Waals surface area contributed by atoms with Crippen LogP contribution in [0.4, 0.5) is 5.95 Å². The number of methoxy groups -OCH3 is 1. The molecule has 0 amide bonds. The average molecular weight is 209 g/mol. The van der Waals surface area contributed by atoms with Gasteiger partial charge in [-0.2, -0.15) is 0 Å². The SMILES string of the molecule is COCC(=O)Cc1ccnc(N(C)C)n1. The molecule has 0 saturated heterocycles. The lowest BCUT2D eigenvalue weighted by Gasteiger charge is -2.10. The lowest BCUT2D eigenvalue weighted by Crippen LogP contribution is -2.15. The third-order valence-electron chi connectivity index (χ3n) is 1.78. The van der Waals surface area contributed by atoms with E-state index in [2.05, 4.69) is 9.97 Å². The average Bonchev–Trinajstić information content (AvgIpc) is 2.18. The molecule has 1 rings (SSSR count). The summed E-state index contributed by atoms with van der Waals surface area (Å²) in [6, 6.07) is 1.74. The predicted molar refractivity (Wildman–Crippen MR) is 56.9 cm³/mol. The minimum atomic E-state index is 0.0147. The summed E-state index contributed by atoms with van der Waals surface area (Å²) in [5.74, 6) is 0.624. The van der Waals surface area contributed by atoms with E-state index < -0.39 is 0 Å². The molecular formula is C10H15N3O2. The van der Waals surface area contributed by atoms with Crippen molar-refractivity contribution in [2.45, 2.75) is 6.42 Å². The van der Waals surface area contributed by atoms with Gasteiger partial charge in [-0.1, -0.05) is 0 Å². The first-order valence-corrected chi connectivity index (χ1v) is 4.63. The van der Waals surface area contributed by atoms with Gasteiger partial charge in [-0.25, -0.2) is 9.97 Å². The number of carbonyl (C=O) groups excluding carboxylic acids is 1. The van der Waals surface area contributed by atoms with Crippen molar-refractivity contribution >= 4 is 11.7 Å². The smallest absolute Gasteiger partial charge is 0.224 e. The molecule has 0 atom stereocenters. The summed E-state index contributed by atoms with van der Waals surface area (Å²) in [7, 11) is 5.22. The number of anilines is 1. The van der Waals surface area contributed by atoms with Crippen molar-refractivity contribution in [3.05, 3.63) is 18.0 Å². The number of aromatic nitrogens is 2. The van der Waals surface area contributed by atoms with Crippen LogP contribution in [0, 0.1) is 0 Å². The molecule has 0 N–H and O–H groups in total. The molecule has 1 aromatic rings. The molecule has 0 aliphatic heterocycles. The van der Waals surface area contributed by atoms with E-state index in [1.54, 1.807) is 17.2 Å². The van der Waals surface area contributed by atoms with Gasteiger partial charge in [-0.3, -0.25) is 4.79 Å². The highest BCUT2D eigenvalue weighted by Gasteiger charge is 2.06. The predicted octanol–water partition coefficient (Wildman–Crippen LogP) is 0.301. The Morgan fingerprint density at radius 3 is 2.87 bits per heavy atom. The summed E-state index contributed by atoms with van der Waals surface area (Å²) >= 11 is 0. The maximum Gasteiger partial charge on any atom is 0.224 e. The largest absolute Gasteiger partial charge is 0.377 e. The molecular weight excluding hydrogens is 194 g/mol. The fourth-order valence-corrected chi connectivity index (χ4v) is 1.11. The van der Waals surface area contributed by atoms with Gasteiger partial charge in [0.25, 0.3) is 0 Å². The van der Waals surface area contributed by atoms with E-state index in [1.165, 1.54) is 7.11 Å². The van der Waals surface area contributed by atoms with Crippen molar-refractivity contribution in [1.82, 2.24) is 9.97 Å². The van der Waals surface area contributed by atoms with Crippen LogP contribution in [0.1, 0.15) is 5.69 Å². The van der Waals surface area contributed by atoms with Crippen molar-refractivity contribution in [3.63, 3.8) is 0 Å². The molecule has 1 aromatic heterocycles. The number of carbonyl (C=O) groups is 1. The summed E-state index contributed by atoms with van der Waals surface area (Å²) in [6.07, 6.45) is 1.94. The van der Waals surface area contributed by atoms with Crippen LogP contribution in [0.25, 0.3) is 0 Å². The maximum absolute atomic E-state index is 11.3. The Morgan fingerprint density at radius 2 is 2.27 bits per heavy atom. The minimum Gasteiger partial charge on any atom is -0.377 e. The van der Waals surface area contributed by atoms with Crippen LogP contribution in [0.15, 0.2) is 12.3 Å². The zero-order chi connectivity index (χ0) is 11.3. The zero-order valence-corrected chi connectivity index (χ0v) is 9.23. The van der Waals surface area contributed by atoms with Gasteiger partial charge >= 0.3 is 0 Å². The summed E-state index contributed by atoms with van der Waals surface area (Å²) in [5.41, 5.74) is 0.718. The molecule has 82 valence electrons. The Labute approximate surface area is 89.1 Å². The summed E-state index contributed by atoms with van der Waals surface area (Å²) in [4.78, 5) is 21.4. The Hall–Kier alpha value is -1.49. The molecule has 0 aromatic carbocycles. The number of nitrogens with zero attached hydrogens (tertiary/aromatic N) is 3. The first-order chi connectivity index (χ1) is 7.13. The normalized spacial score (nSPS) is 10.1. The van der Waals surface area contributed by atoms with E-state index in [1.807, 2.05) is 14.1 Å². The highest BCUT2D eigenvalue weighted by Crippen LogP contribution is 2.04. The van der Waals surface area contributed by atoms with E-state index in [4.69, 9.17) is 4.74 Å². The Kier molecular flexibility index (Phi) is 4.17. The van der Waals surface area contributed by atoms with E-state index >= 15 is 0 Å². The third-order valence-corrected chi connectivity index (χ3v) is 1.78. The lowest BCUT2D eigenvalue weighted by atomic mass is 10.2. The van der Waals surface area contributed by atoms with Gasteiger partial charge in [0.1, 0.15) is 6.61 Å². The van der Waals surface area contributed by atoms with Gasteiger partial charge in [0.05, 0.1) is 12.1 Å². The van der Waals surface area contributed by atoms with Crippen LogP contribution in [0.2, 0.25) is 0 Å². The second-order valence-electron chi connectivity index (χ2n) is 3.39. The second-order valence-corrected chi connectivity index (χ2v) is 3.39. The van der Waals surface area contributed by atoms with Crippen molar-refractivity contribution in [2.75, 3.05) is 32.7 Å².